The van der Waals surface area contributed by atoms with Crippen LogP contribution in [0.15, 0.2) is 42.5 Å². The van der Waals surface area contributed by atoms with Crippen LogP contribution >= 0.6 is 0 Å². The summed E-state index contributed by atoms with van der Waals surface area (Å²) in [6, 6.07) is 12.3. The second kappa shape index (κ2) is 9.82. The number of primary amides is 1. The maximum Gasteiger partial charge on any atom is 0.312 e. The third-order valence-corrected chi connectivity index (χ3v) is 6.83. The van der Waals surface area contributed by atoms with Gasteiger partial charge in [0.1, 0.15) is 11.4 Å². The molecule has 2 aliphatic rings. The number of carbonyl (C=O) groups excluding carboxylic acids is 3. The minimum Gasteiger partial charge on any atom is -0.497 e. The lowest BCUT2D eigenvalue weighted by molar-refractivity contribution is -0.117. The third kappa shape index (κ3) is 4.55. The summed E-state index contributed by atoms with van der Waals surface area (Å²) in [4.78, 5) is 39.4. The van der Waals surface area contributed by atoms with E-state index in [9.17, 15) is 14.4 Å². The average Bonchev–Trinajstić information content (AvgIpc) is 3.44. The van der Waals surface area contributed by atoms with Crippen LogP contribution in [0.25, 0.3) is 22.5 Å². The van der Waals surface area contributed by atoms with E-state index >= 15 is 0 Å². The Labute approximate surface area is 208 Å². The smallest absolute Gasteiger partial charge is 0.312 e. The van der Waals surface area contributed by atoms with Gasteiger partial charge in [0.05, 0.1) is 36.2 Å². The second-order valence-corrected chi connectivity index (χ2v) is 9.12. The van der Waals surface area contributed by atoms with E-state index in [0.717, 1.165) is 42.8 Å². The third-order valence-electron chi connectivity index (χ3n) is 6.83. The van der Waals surface area contributed by atoms with Crippen LogP contribution in [0, 0.1) is 5.92 Å². The molecule has 0 bridgehead atoms. The van der Waals surface area contributed by atoms with Gasteiger partial charge in [0, 0.05) is 17.7 Å². The normalized spacial score (nSPS) is 15.3. The molecule has 2 aromatic carbocycles. The maximum atomic E-state index is 13.5. The Hall–Kier alpha value is -4.18. The molecule has 2 heterocycles. The van der Waals surface area contributed by atoms with E-state index in [2.05, 4.69) is 25.7 Å². The number of anilines is 1. The molecule has 1 aromatic heterocycles. The Morgan fingerprint density at radius 1 is 1.14 bits per heavy atom. The summed E-state index contributed by atoms with van der Waals surface area (Å²) in [7, 11) is 1.60. The van der Waals surface area contributed by atoms with Gasteiger partial charge in [0.2, 0.25) is 5.91 Å². The van der Waals surface area contributed by atoms with Gasteiger partial charge >= 0.3 is 6.03 Å². The monoisotopic (exact) mass is 488 g/mol. The lowest BCUT2D eigenvalue weighted by atomic mass is 9.97. The van der Waals surface area contributed by atoms with Gasteiger partial charge in [-0.25, -0.2) is 4.79 Å². The number of aromatic nitrogens is 2. The number of nitrogens with zero attached hydrogens (tertiary/aromatic N) is 2. The molecule has 5 N–H and O–H groups in total. The van der Waals surface area contributed by atoms with Crippen LogP contribution in [0.5, 0.6) is 5.75 Å². The van der Waals surface area contributed by atoms with Crippen molar-refractivity contribution in [1.29, 1.82) is 0 Å². The molecule has 0 saturated carbocycles. The summed E-state index contributed by atoms with van der Waals surface area (Å²) in [6.07, 6.45) is 1.76. The number of piperidine rings is 1. The number of amides is 3. The van der Waals surface area contributed by atoms with E-state index in [1.807, 2.05) is 36.4 Å². The van der Waals surface area contributed by atoms with Crippen molar-refractivity contribution >= 4 is 23.4 Å². The summed E-state index contributed by atoms with van der Waals surface area (Å²) in [5.41, 5.74) is 9.37. The fourth-order valence-corrected chi connectivity index (χ4v) is 4.94. The number of rotatable bonds is 7. The molecular weight excluding hydrogens is 460 g/mol. The Bertz CT molecular complexity index is 1310. The molecule has 36 heavy (non-hydrogen) atoms. The van der Waals surface area contributed by atoms with E-state index in [-0.39, 0.29) is 18.2 Å². The van der Waals surface area contributed by atoms with E-state index in [0.29, 0.717) is 40.7 Å². The van der Waals surface area contributed by atoms with Crippen molar-refractivity contribution in [2.45, 2.75) is 12.8 Å². The van der Waals surface area contributed by atoms with Gasteiger partial charge in [-0.2, -0.15) is 5.10 Å². The minimum absolute atomic E-state index is 0.168. The summed E-state index contributed by atoms with van der Waals surface area (Å²) < 4.78 is 5.22. The zero-order valence-corrected chi connectivity index (χ0v) is 20.0. The van der Waals surface area contributed by atoms with Crippen molar-refractivity contribution in [2.75, 3.05) is 38.6 Å². The number of nitrogens with two attached hydrogens (primary N) is 1. The summed E-state index contributed by atoms with van der Waals surface area (Å²) >= 11 is 0. The average molecular weight is 489 g/mol. The molecule has 0 unspecified atom stereocenters. The Kier molecular flexibility index (Phi) is 6.43. The van der Waals surface area contributed by atoms with Crippen LogP contribution < -0.4 is 21.1 Å². The molecule has 186 valence electrons. The number of likely N-dealkylation sites (tertiary alicyclic amines) is 1. The molecule has 0 radical (unpaired) electrons. The number of aromatic amines is 1. The zero-order chi connectivity index (χ0) is 25.2. The molecule has 10 heteroatoms. The first kappa shape index (κ1) is 23.6. The van der Waals surface area contributed by atoms with Crippen LogP contribution in [0.2, 0.25) is 0 Å². The summed E-state index contributed by atoms with van der Waals surface area (Å²) in [5.74, 6) is 0.735. The fourth-order valence-electron chi connectivity index (χ4n) is 4.94. The van der Waals surface area contributed by atoms with E-state index in [4.69, 9.17) is 10.5 Å². The maximum absolute atomic E-state index is 13.5. The van der Waals surface area contributed by atoms with Crippen molar-refractivity contribution in [1.82, 2.24) is 20.4 Å². The predicted octanol–water partition coefficient (Wildman–Crippen LogP) is 2.62. The lowest BCUT2D eigenvalue weighted by Crippen LogP contribution is -2.42. The first-order valence-corrected chi connectivity index (χ1v) is 11.9. The van der Waals surface area contributed by atoms with Crippen molar-refractivity contribution in [3.05, 3.63) is 53.6 Å². The number of hydrogen-bond acceptors (Lipinski definition) is 6. The number of ether oxygens (including phenoxy) is 1. The quantitative estimate of drug-likeness (QED) is 0.315. The number of nitrogens with one attached hydrogen (secondary N) is 3. The molecule has 1 aliphatic heterocycles. The number of methoxy groups -OCH3 is 1. The topological polar surface area (TPSA) is 142 Å². The van der Waals surface area contributed by atoms with Crippen molar-refractivity contribution in [2.24, 2.45) is 11.7 Å². The Morgan fingerprint density at radius 3 is 2.58 bits per heavy atom. The van der Waals surface area contributed by atoms with Crippen LogP contribution in [0.1, 0.15) is 28.8 Å². The predicted molar refractivity (Wildman–Crippen MR) is 135 cm³/mol. The van der Waals surface area contributed by atoms with Gasteiger partial charge in [-0.15, -0.1) is 0 Å². The zero-order valence-electron chi connectivity index (χ0n) is 20.0. The van der Waals surface area contributed by atoms with Gasteiger partial charge in [-0.1, -0.05) is 12.1 Å². The SMILES string of the molecule is COc1ccc(-c2n[nH]c3c2C(=O)c2c(NC(=O)CN4CCC(CNC(N)=O)CC4)cccc2-3)cc1. The van der Waals surface area contributed by atoms with Gasteiger partial charge < -0.3 is 21.1 Å². The summed E-state index contributed by atoms with van der Waals surface area (Å²) in [5, 5.41) is 13.0. The van der Waals surface area contributed by atoms with Gasteiger partial charge in [0.15, 0.2) is 5.78 Å². The number of urea groups is 1. The molecule has 3 aromatic rings. The summed E-state index contributed by atoms with van der Waals surface area (Å²) in [6.45, 7) is 2.30. The fraction of sp³-hybridized carbons (Fsp3) is 0.308. The number of hydrogen-bond donors (Lipinski definition) is 4. The first-order valence-electron chi connectivity index (χ1n) is 11.9. The number of fused-ring (bicyclic) bond motifs is 3. The van der Waals surface area contributed by atoms with Crippen LogP contribution in [0.3, 0.4) is 0 Å². The number of ketones is 1. The highest BCUT2D eigenvalue weighted by atomic mass is 16.5. The largest absolute Gasteiger partial charge is 0.497 e. The molecule has 1 saturated heterocycles. The van der Waals surface area contributed by atoms with Gasteiger partial charge in [0.25, 0.3) is 0 Å². The molecule has 5 rings (SSSR count). The Morgan fingerprint density at radius 2 is 1.89 bits per heavy atom. The minimum atomic E-state index is -0.514. The van der Waals surface area contributed by atoms with Crippen molar-refractivity contribution < 1.29 is 19.1 Å². The first-order chi connectivity index (χ1) is 17.4. The molecule has 10 nitrogen and oxygen atoms in total. The molecule has 0 spiro atoms. The molecular formula is C26H28N6O4. The Balaban J connectivity index is 1.28. The molecule has 1 fully saturated rings. The van der Waals surface area contributed by atoms with E-state index in [1.54, 1.807) is 13.2 Å². The highest BCUT2D eigenvalue weighted by Gasteiger charge is 2.35. The highest BCUT2D eigenvalue weighted by Crippen LogP contribution is 2.43. The molecule has 3 amide bonds. The number of benzene rings is 2. The van der Waals surface area contributed by atoms with Crippen LogP contribution in [-0.2, 0) is 4.79 Å². The number of H-pyrrole nitrogens is 1. The second-order valence-electron chi connectivity index (χ2n) is 9.12. The van der Waals surface area contributed by atoms with E-state index in [1.165, 1.54) is 0 Å². The molecule has 0 atom stereocenters. The van der Waals surface area contributed by atoms with E-state index < -0.39 is 6.03 Å². The van der Waals surface area contributed by atoms with Crippen molar-refractivity contribution in [3.63, 3.8) is 0 Å². The number of carbonyl (C=O) groups is 3. The van der Waals surface area contributed by atoms with Gasteiger partial charge in [-0.3, -0.25) is 19.6 Å². The van der Waals surface area contributed by atoms with Crippen molar-refractivity contribution in [3.8, 4) is 28.3 Å². The molecule has 1 aliphatic carbocycles. The van der Waals surface area contributed by atoms with Crippen LogP contribution in [0.4, 0.5) is 10.5 Å². The standard InChI is InChI=1S/C26H28N6O4/c1-36-17-7-5-16(6-8-17)23-22-24(31-30-23)18-3-2-4-19(21(18)25(22)34)29-20(33)14-32-11-9-15(10-12-32)13-28-26(27)35/h2-8,15H,9-14H2,1H3,(H,29,33)(H,30,31)(H3,27,28,35). The highest BCUT2D eigenvalue weighted by molar-refractivity contribution is 6.27. The van der Waals surface area contributed by atoms with Gasteiger partial charge in [-0.05, 0) is 62.2 Å². The lowest BCUT2D eigenvalue weighted by Gasteiger charge is -2.31. The van der Waals surface area contributed by atoms with Crippen LogP contribution in [-0.4, -0.2) is 66.1 Å².